The Balaban J connectivity index is 2.78. The summed E-state index contributed by atoms with van der Waals surface area (Å²) in [5.41, 5.74) is -1.76. The molecule has 106 valence electrons. The van der Waals surface area contributed by atoms with E-state index in [1.54, 1.807) is 27.7 Å². The third kappa shape index (κ3) is 2.63. The lowest BCUT2D eigenvalue weighted by molar-refractivity contribution is 0.00578. The predicted octanol–water partition coefficient (Wildman–Crippen LogP) is 3.87. The average Bonchev–Trinajstić information content (AvgIpc) is 3.03. The summed E-state index contributed by atoms with van der Waals surface area (Å²) in [7, 11) is -1.22. The van der Waals surface area contributed by atoms with Gasteiger partial charge in [-0.3, -0.25) is 0 Å². The number of thiophene rings is 1. The average molecular weight is 292 g/mol. The fourth-order valence-electron chi connectivity index (χ4n) is 1.74. The summed E-state index contributed by atoms with van der Waals surface area (Å²) in [6.45, 7) is -2.70. The molecule has 0 spiro atoms. The van der Waals surface area contributed by atoms with Crippen LogP contribution in [-0.2, 0) is 9.31 Å². The van der Waals surface area contributed by atoms with Crippen molar-refractivity contribution >= 4 is 23.9 Å². The molecule has 2 heterocycles. The van der Waals surface area contributed by atoms with Crippen molar-refractivity contribution in [2.45, 2.75) is 71.7 Å². The molecule has 1 aliphatic rings. The van der Waals surface area contributed by atoms with Crippen LogP contribution in [0, 0.1) is 6.85 Å². The molecule has 1 unspecified atom stereocenters. The highest BCUT2D eigenvalue weighted by atomic mass is 32.1. The molecule has 0 N–H and O–H groups in total. The van der Waals surface area contributed by atoms with Crippen LogP contribution >= 0.6 is 11.3 Å². The zero-order chi connectivity index (χ0) is 24.6. The normalized spacial score (nSPS) is 36.5. The quantitative estimate of drug-likeness (QED) is 0.787. The van der Waals surface area contributed by atoms with E-state index in [2.05, 4.69) is 0 Å². The Kier molecular flexibility index (Phi) is 1.50. The molecule has 4 heteroatoms. The fourth-order valence-corrected chi connectivity index (χ4v) is 2.57. The molecular weight excluding hydrogens is 255 g/mol. The molecule has 1 aromatic heterocycles. The maximum Gasteiger partial charge on any atom is 0.495 e. The molecule has 1 atom stereocenters. The first-order valence-electron chi connectivity index (χ1n) is 11.9. The lowest BCUT2D eigenvalue weighted by Crippen LogP contribution is -2.41. The van der Waals surface area contributed by atoms with Gasteiger partial charge in [-0.25, -0.2) is 0 Å². The Morgan fingerprint density at radius 1 is 1.42 bits per heavy atom. The molecule has 0 saturated carbocycles. The van der Waals surface area contributed by atoms with Crippen molar-refractivity contribution in [1.82, 2.24) is 0 Å². The minimum atomic E-state index is -3.52. The number of rotatable bonds is 3. The second-order valence-corrected chi connectivity index (χ2v) is 6.54. The van der Waals surface area contributed by atoms with Crippen molar-refractivity contribution in [2.75, 3.05) is 0 Å². The molecule has 0 radical (unpaired) electrons. The van der Waals surface area contributed by atoms with Gasteiger partial charge in [0.15, 0.2) is 0 Å². The third-order valence-corrected chi connectivity index (χ3v) is 4.62. The van der Waals surface area contributed by atoms with Crippen molar-refractivity contribution in [3.8, 4) is 0 Å². The minimum Gasteiger partial charge on any atom is -0.399 e. The first-order valence-corrected chi connectivity index (χ1v) is 6.72. The Morgan fingerprint density at radius 3 is 2.63 bits per heavy atom. The number of hydrogen-bond acceptors (Lipinski definition) is 3. The van der Waals surface area contributed by atoms with E-state index in [-0.39, 0.29) is 10.3 Å². The molecule has 0 aliphatic carbocycles. The Hall–Kier alpha value is -0.315. The molecule has 0 aromatic carbocycles. The van der Waals surface area contributed by atoms with Crippen LogP contribution in [0.4, 0.5) is 0 Å². The van der Waals surface area contributed by atoms with E-state index in [1.807, 2.05) is 0 Å². The van der Waals surface area contributed by atoms with Crippen molar-refractivity contribution in [3.63, 3.8) is 0 Å². The highest BCUT2D eigenvalue weighted by Crippen LogP contribution is 2.37. The monoisotopic (exact) mass is 292 g/mol. The largest absolute Gasteiger partial charge is 0.495 e. The van der Waals surface area contributed by atoms with E-state index in [0.29, 0.717) is 11.3 Å². The molecule has 1 saturated heterocycles. The van der Waals surface area contributed by atoms with Crippen LogP contribution in [0.15, 0.2) is 6.07 Å². The van der Waals surface area contributed by atoms with Gasteiger partial charge in [0.2, 0.25) is 0 Å². The minimum absolute atomic E-state index is 0.0686. The maximum absolute atomic E-state index is 8.56. The number of hydrogen-bond donors (Lipinski definition) is 0. The summed E-state index contributed by atoms with van der Waals surface area (Å²) in [4.78, 5) is -0.896. The van der Waals surface area contributed by atoms with Crippen LogP contribution in [-0.4, -0.2) is 18.3 Å². The van der Waals surface area contributed by atoms with Crippen LogP contribution in [0.25, 0.3) is 0 Å². The van der Waals surface area contributed by atoms with Gasteiger partial charge in [0.25, 0.3) is 0 Å². The van der Waals surface area contributed by atoms with Gasteiger partial charge in [-0.1, -0.05) is 13.7 Å². The van der Waals surface area contributed by atoms with Gasteiger partial charge < -0.3 is 9.31 Å². The second-order valence-electron chi connectivity index (χ2n) is 5.48. The number of aryl methyl sites for hydroxylation is 1. The van der Waals surface area contributed by atoms with Gasteiger partial charge in [-0.15, -0.1) is 11.3 Å². The standard InChI is InChI=1S/C15H25BO2S/c1-8-10(2)13-9-12(11(3)19-13)16-17-14(4,5)15(6,7)18-16/h9-10H,8H2,1-7H3/i1D3,2D3,3D3,8D2,10D. The molecule has 0 bridgehead atoms. The SMILES string of the molecule is [2H]C([2H])([2H])c1sc(C([2H])(C([2H])([2H])[2H])C([2H])([2H])C([2H])([2H])[2H])cc1B1OC(C)(C)C(C)(C)O1. The van der Waals surface area contributed by atoms with Gasteiger partial charge in [0, 0.05) is 26.2 Å². The van der Waals surface area contributed by atoms with Crippen molar-refractivity contribution in [3.05, 3.63) is 15.8 Å². The molecule has 1 aliphatic heterocycles. The molecule has 0 amide bonds. The van der Waals surface area contributed by atoms with Crippen LogP contribution < -0.4 is 5.46 Å². The molecule has 2 rings (SSSR count). The van der Waals surface area contributed by atoms with Crippen molar-refractivity contribution < 1.29 is 25.8 Å². The zero-order valence-electron chi connectivity index (χ0n) is 23.4. The highest BCUT2D eigenvalue weighted by Gasteiger charge is 2.52. The summed E-state index contributed by atoms with van der Waals surface area (Å²) in [6, 6.07) is 1.03. The molecule has 2 nitrogen and oxygen atoms in total. The predicted molar refractivity (Wildman–Crippen MR) is 83.5 cm³/mol. The first-order chi connectivity index (χ1) is 13.4. The van der Waals surface area contributed by atoms with Gasteiger partial charge >= 0.3 is 7.12 Å². The van der Waals surface area contributed by atoms with Gasteiger partial charge in [0.1, 0.15) is 0 Å². The van der Waals surface area contributed by atoms with Crippen LogP contribution in [0.1, 0.15) is 79.9 Å². The van der Waals surface area contributed by atoms with Gasteiger partial charge in [-0.2, -0.15) is 0 Å². The van der Waals surface area contributed by atoms with E-state index in [0.717, 1.165) is 6.07 Å². The van der Waals surface area contributed by atoms with Gasteiger partial charge in [0.05, 0.1) is 11.2 Å². The Labute approximate surface area is 138 Å². The molecule has 1 fully saturated rings. The summed E-state index contributed by atoms with van der Waals surface area (Å²) < 4.78 is 106. The summed E-state index contributed by atoms with van der Waals surface area (Å²) in [6.07, 6.45) is -3.52. The highest BCUT2D eigenvalue weighted by molar-refractivity contribution is 7.13. The molecular formula is C15H25BO2S. The van der Waals surface area contributed by atoms with E-state index in [4.69, 9.17) is 25.8 Å². The third-order valence-electron chi connectivity index (χ3n) is 3.64. The lowest BCUT2D eigenvalue weighted by Gasteiger charge is -2.32. The lowest BCUT2D eigenvalue weighted by atomic mass is 9.79. The van der Waals surface area contributed by atoms with Crippen LogP contribution in [0.5, 0.6) is 0 Å². The fraction of sp³-hybridized carbons (Fsp3) is 0.733. The van der Waals surface area contributed by atoms with E-state index in [1.165, 1.54) is 0 Å². The Bertz CT molecular complexity index is 823. The first kappa shape index (κ1) is 5.82. The van der Waals surface area contributed by atoms with Crippen LogP contribution in [0.2, 0.25) is 0 Å². The van der Waals surface area contributed by atoms with Crippen LogP contribution in [0.3, 0.4) is 0 Å². The van der Waals surface area contributed by atoms with Crippen molar-refractivity contribution in [1.29, 1.82) is 0 Å². The van der Waals surface area contributed by atoms with Gasteiger partial charge in [-0.05, 0) is 58.3 Å². The topological polar surface area (TPSA) is 18.5 Å². The second kappa shape index (κ2) is 4.90. The van der Waals surface area contributed by atoms with E-state index >= 15 is 0 Å². The van der Waals surface area contributed by atoms with Crippen molar-refractivity contribution in [2.24, 2.45) is 0 Å². The summed E-state index contributed by atoms with van der Waals surface area (Å²) in [5, 5.41) is 0. The summed E-state index contributed by atoms with van der Waals surface area (Å²) in [5.74, 6) is -3.27. The Morgan fingerprint density at radius 2 is 2.11 bits per heavy atom. The van der Waals surface area contributed by atoms with E-state index < -0.39 is 56.0 Å². The zero-order valence-corrected chi connectivity index (χ0v) is 12.2. The molecule has 1 aromatic rings. The van der Waals surface area contributed by atoms with E-state index in [9.17, 15) is 0 Å². The molecule has 19 heavy (non-hydrogen) atoms. The maximum atomic E-state index is 8.56. The summed E-state index contributed by atoms with van der Waals surface area (Å²) >= 11 is 0.370. The smallest absolute Gasteiger partial charge is 0.399 e.